The Morgan fingerprint density at radius 2 is 0.972 bits per heavy atom. The first-order valence-electron chi connectivity index (χ1n) is 12.3. The highest BCUT2D eigenvalue weighted by molar-refractivity contribution is 6.07. The molecule has 0 heterocycles. The Kier molecular flexibility index (Phi) is 7.77. The predicted octanol–water partition coefficient (Wildman–Crippen LogP) is 6.98. The highest BCUT2D eigenvalue weighted by Crippen LogP contribution is 2.32. The third-order valence-electron chi connectivity index (χ3n) is 7.22. The van der Waals surface area contributed by atoms with Gasteiger partial charge in [0.25, 0.3) is 11.8 Å². The second kappa shape index (κ2) is 10.4. The number of anilines is 2. The molecule has 0 bridgehead atoms. The lowest BCUT2D eigenvalue weighted by Crippen LogP contribution is -2.17. The van der Waals surface area contributed by atoms with Crippen LogP contribution in [0.4, 0.5) is 11.4 Å². The number of hydrogen-bond acceptors (Lipinski definition) is 4. The molecule has 36 heavy (non-hydrogen) atoms. The molecule has 4 N–H and O–H groups in total. The molecule has 0 aromatic heterocycles. The van der Waals surface area contributed by atoms with Gasteiger partial charge in [0.1, 0.15) is 11.5 Å². The Labute approximate surface area is 213 Å². The van der Waals surface area contributed by atoms with Crippen molar-refractivity contribution in [3.63, 3.8) is 0 Å². The van der Waals surface area contributed by atoms with E-state index in [0.29, 0.717) is 11.4 Å². The third kappa shape index (κ3) is 5.88. The molecule has 3 aromatic rings. The molecule has 0 atom stereocenters. The van der Waals surface area contributed by atoms with Gasteiger partial charge in [-0.3, -0.25) is 9.59 Å². The number of amides is 2. The molecule has 3 aromatic carbocycles. The number of phenolic OH excluding ortho intramolecular Hbond substituents is 2. The van der Waals surface area contributed by atoms with Crippen molar-refractivity contribution in [3.05, 3.63) is 82.9 Å². The van der Waals surface area contributed by atoms with E-state index in [-0.39, 0.29) is 33.5 Å². The first kappa shape index (κ1) is 26.8. The lowest BCUT2D eigenvalue weighted by atomic mass is 9.82. The first-order chi connectivity index (χ1) is 16.9. The van der Waals surface area contributed by atoms with Gasteiger partial charge in [0, 0.05) is 11.4 Å². The smallest absolute Gasteiger partial charge is 0.259 e. The lowest BCUT2D eigenvalue weighted by molar-refractivity contribution is 0.101. The van der Waals surface area contributed by atoms with Crippen molar-refractivity contribution < 1.29 is 19.8 Å². The van der Waals surface area contributed by atoms with Crippen LogP contribution in [-0.4, -0.2) is 22.0 Å². The third-order valence-corrected chi connectivity index (χ3v) is 7.22. The zero-order chi connectivity index (χ0) is 26.7. The van der Waals surface area contributed by atoms with E-state index in [1.165, 1.54) is 0 Å². The van der Waals surface area contributed by atoms with Crippen LogP contribution in [0.25, 0.3) is 0 Å². The summed E-state index contributed by atoms with van der Waals surface area (Å²) in [5.74, 6) is -0.984. The Morgan fingerprint density at radius 1 is 0.639 bits per heavy atom. The topological polar surface area (TPSA) is 98.7 Å². The van der Waals surface area contributed by atoms with Gasteiger partial charge in [-0.25, -0.2) is 0 Å². The standard InChI is InChI=1S/C30H36N2O4/c1-7-29(3,4)19-9-15-23(25(33)17-19)27(35)31-21-11-13-22(14-12-21)32-28(36)24-16-10-20(18-26(24)34)30(5,6)8-2/h9-18,33-34H,7-8H2,1-6H3,(H,31,35)(H,32,36). The van der Waals surface area contributed by atoms with Crippen LogP contribution in [0.5, 0.6) is 11.5 Å². The summed E-state index contributed by atoms with van der Waals surface area (Å²) < 4.78 is 0. The zero-order valence-corrected chi connectivity index (χ0v) is 21.9. The quantitative estimate of drug-likeness (QED) is 0.275. The van der Waals surface area contributed by atoms with Gasteiger partial charge >= 0.3 is 0 Å². The molecule has 0 saturated heterocycles. The molecule has 0 aliphatic carbocycles. The normalized spacial score (nSPS) is 11.7. The van der Waals surface area contributed by atoms with E-state index in [0.717, 1.165) is 24.0 Å². The SMILES string of the molecule is CCC(C)(C)c1ccc(C(=O)Nc2ccc(NC(=O)c3ccc(C(C)(C)CC)cc3O)cc2)c(O)c1. The molecular weight excluding hydrogens is 452 g/mol. The minimum Gasteiger partial charge on any atom is -0.507 e. The van der Waals surface area contributed by atoms with Gasteiger partial charge in [-0.2, -0.15) is 0 Å². The number of aromatic hydroxyl groups is 2. The summed E-state index contributed by atoms with van der Waals surface area (Å²) in [7, 11) is 0. The van der Waals surface area contributed by atoms with E-state index in [1.807, 2.05) is 12.1 Å². The average molecular weight is 489 g/mol. The molecule has 0 unspecified atom stereocenters. The van der Waals surface area contributed by atoms with Crippen molar-refractivity contribution in [1.82, 2.24) is 0 Å². The summed E-state index contributed by atoms with van der Waals surface area (Å²) in [4.78, 5) is 25.4. The predicted molar refractivity (Wildman–Crippen MR) is 145 cm³/mol. The average Bonchev–Trinajstić information content (AvgIpc) is 2.84. The molecule has 0 fully saturated rings. The molecule has 0 aliphatic rings. The zero-order valence-electron chi connectivity index (χ0n) is 21.9. The minimum atomic E-state index is -0.426. The van der Waals surface area contributed by atoms with Crippen molar-refractivity contribution in [2.45, 2.75) is 65.2 Å². The molecule has 6 heteroatoms. The first-order valence-corrected chi connectivity index (χ1v) is 12.3. The molecule has 190 valence electrons. The van der Waals surface area contributed by atoms with Gasteiger partial charge in [0.15, 0.2) is 0 Å². The van der Waals surface area contributed by atoms with Crippen LogP contribution in [-0.2, 0) is 10.8 Å². The number of nitrogens with one attached hydrogen (secondary N) is 2. The van der Waals surface area contributed by atoms with Crippen LogP contribution in [0, 0.1) is 0 Å². The molecule has 0 radical (unpaired) electrons. The van der Waals surface area contributed by atoms with Gasteiger partial charge in [-0.1, -0.05) is 53.7 Å². The number of rotatable bonds is 8. The van der Waals surface area contributed by atoms with Gasteiger partial charge in [-0.05, 0) is 83.3 Å². The number of phenols is 2. The van der Waals surface area contributed by atoms with Crippen LogP contribution in [0.15, 0.2) is 60.7 Å². The number of carbonyl (C=O) groups is 2. The van der Waals surface area contributed by atoms with E-state index in [9.17, 15) is 19.8 Å². The summed E-state index contributed by atoms with van der Waals surface area (Å²) in [5, 5.41) is 26.4. The highest BCUT2D eigenvalue weighted by atomic mass is 16.3. The second-order valence-electron chi connectivity index (χ2n) is 10.4. The minimum absolute atomic E-state index is 0.0661. The maximum atomic E-state index is 12.7. The molecule has 0 saturated carbocycles. The Hall–Kier alpha value is -3.80. The Balaban J connectivity index is 1.67. The van der Waals surface area contributed by atoms with Gasteiger partial charge in [0.05, 0.1) is 11.1 Å². The van der Waals surface area contributed by atoms with Crippen LogP contribution in [0.2, 0.25) is 0 Å². The highest BCUT2D eigenvalue weighted by Gasteiger charge is 2.22. The van der Waals surface area contributed by atoms with Crippen molar-refractivity contribution in [3.8, 4) is 11.5 Å². The van der Waals surface area contributed by atoms with Gasteiger partial charge in [0.2, 0.25) is 0 Å². The fourth-order valence-electron chi connectivity index (χ4n) is 3.73. The van der Waals surface area contributed by atoms with E-state index >= 15 is 0 Å². The summed E-state index contributed by atoms with van der Waals surface area (Å²) in [6, 6.07) is 16.9. The maximum absolute atomic E-state index is 12.7. The molecule has 3 rings (SSSR count). The van der Waals surface area contributed by atoms with Gasteiger partial charge in [-0.15, -0.1) is 0 Å². The Bertz CT molecular complexity index is 1160. The van der Waals surface area contributed by atoms with E-state index in [1.54, 1.807) is 48.5 Å². The number of benzene rings is 3. The monoisotopic (exact) mass is 488 g/mol. The van der Waals surface area contributed by atoms with Gasteiger partial charge < -0.3 is 20.8 Å². The van der Waals surface area contributed by atoms with E-state index < -0.39 is 11.8 Å². The Morgan fingerprint density at radius 3 is 1.25 bits per heavy atom. The van der Waals surface area contributed by atoms with Crippen molar-refractivity contribution in [1.29, 1.82) is 0 Å². The summed E-state index contributed by atoms with van der Waals surface area (Å²) in [6.07, 6.45) is 1.81. The van der Waals surface area contributed by atoms with E-state index in [2.05, 4.69) is 52.2 Å². The molecule has 0 aliphatic heterocycles. The molecule has 2 amide bonds. The van der Waals surface area contributed by atoms with Crippen LogP contribution in [0.3, 0.4) is 0 Å². The summed E-state index contributed by atoms with van der Waals surface area (Å²) in [5.41, 5.74) is 3.15. The largest absolute Gasteiger partial charge is 0.507 e. The molecule has 0 spiro atoms. The number of carbonyl (C=O) groups excluding carboxylic acids is 2. The lowest BCUT2D eigenvalue weighted by Gasteiger charge is -2.24. The maximum Gasteiger partial charge on any atom is 0.259 e. The molecule has 6 nitrogen and oxygen atoms in total. The van der Waals surface area contributed by atoms with Crippen molar-refractivity contribution >= 4 is 23.2 Å². The fraction of sp³-hybridized carbons (Fsp3) is 0.333. The van der Waals surface area contributed by atoms with Crippen molar-refractivity contribution in [2.75, 3.05) is 10.6 Å². The second-order valence-corrected chi connectivity index (χ2v) is 10.4. The summed E-state index contributed by atoms with van der Waals surface area (Å²) >= 11 is 0. The van der Waals surface area contributed by atoms with Crippen LogP contribution in [0.1, 0.15) is 86.2 Å². The number of hydrogen-bond donors (Lipinski definition) is 4. The van der Waals surface area contributed by atoms with Crippen LogP contribution >= 0.6 is 0 Å². The molecular formula is C30H36N2O4. The van der Waals surface area contributed by atoms with Crippen molar-refractivity contribution in [2.24, 2.45) is 0 Å². The van der Waals surface area contributed by atoms with E-state index in [4.69, 9.17) is 0 Å². The van der Waals surface area contributed by atoms with Crippen LogP contribution < -0.4 is 10.6 Å². The fourth-order valence-corrected chi connectivity index (χ4v) is 3.73. The summed E-state index contributed by atoms with van der Waals surface area (Å²) in [6.45, 7) is 12.5.